The van der Waals surface area contributed by atoms with Crippen molar-refractivity contribution < 1.29 is 33.6 Å². The highest BCUT2D eigenvalue weighted by Gasteiger charge is 2.31. The Balaban J connectivity index is 1.73. The molecule has 1 atom stereocenters. The van der Waals surface area contributed by atoms with Gasteiger partial charge in [-0.3, -0.25) is 9.69 Å². The molecule has 0 saturated carbocycles. The monoisotopic (exact) mass is 517 g/mol. The van der Waals surface area contributed by atoms with Crippen LogP contribution < -0.4 is 18.9 Å². The fourth-order valence-electron chi connectivity index (χ4n) is 3.45. The Bertz CT molecular complexity index is 1150. The lowest BCUT2D eigenvalue weighted by Crippen LogP contribution is -2.30. The fraction of sp³-hybridized carbons (Fsp3) is 0.320. The summed E-state index contributed by atoms with van der Waals surface area (Å²) in [4.78, 5) is 26.4. The van der Waals surface area contributed by atoms with Crippen molar-refractivity contribution in [2.45, 2.75) is 25.9 Å². The second-order valence-electron chi connectivity index (χ2n) is 7.54. The molecule has 0 aromatic heterocycles. The first-order valence-corrected chi connectivity index (χ1v) is 12.1. The van der Waals surface area contributed by atoms with Gasteiger partial charge in [-0.05, 0) is 54.3 Å². The standard InChI is InChI=1S/C25H27NO7S2/c1-5-17(24(28)29)33-19-9-7-16(13-21(19)32-4)14-22-23(27)26(25(34)35-22)11-10-15-6-8-18(30-2)20(12-15)31-3/h6-9,12-14,17H,5,10-11H2,1-4H3,(H,28,29)/b22-14+. The van der Waals surface area contributed by atoms with Crippen molar-refractivity contribution >= 4 is 46.3 Å². The molecule has 1 heterocycles. The van der Waals surface area contributed by atoms with Crippen LogP contribution in [-0.4, -0.2) is 60.2 Å². The maximum absolute atomic E-state index is 13.0. The van der Waals surface area contributed by atoms with Crippen molar-refractivity contribution in [2.24, 2.45) is 0 Å². The molecule has 0 bridgehead atoms. The van der Waals surface area contributed by atoms with Crippen LogP contribution in [0.15, 0.2) is 41.3 Å². The number of benzene rings is 2. The number of carboxylic acid groups (broad SMARTS) is 1. The molecule has 35 heavy (non-hydrogen) atoms. The summed E-state index contributed by atoms with van der Waals surface area (Å²) in [5, 5.41) is 9.24. The second kappa shape index (κ2) is 11.9. The zero-order valence-electron chi connectivity index (χ0n) is 19.9. The van der Waals surface area contributed by atoms with E-state index in [0.717, 1.165) is 5.56 Å². The van der Waals surface area contributed by atoms with Crippen LogP contribution in [-0.2, 0) is 16.0 Å². The van der Waals surface area contributed by atoms with Crippen molar-refractivity contribution in [1.29, 1.82) is 0 Å². The molecule has 1 saturated heterocycles. The first kappa shape index (κ1) is 26.4. The SMILES string of the molecule is CCC(Oc1ccc(/C=C2/SC(=S)N(CCc3ccc(OC)c(OC)c3)C2=O)cc1OC)C(=O)O. The van der Waals surface area contributed by atoms with E-state index in [1.54, 1.807) is 50.3 Å². The molecule has 1 fully saturated rings. The Morgan fingerprint density at radius 1 is 1.06 bits per heavy atom. The van der Waals surface area contributed by atoms with Gasteiger partial charge in [-0.1, -0.05) is 43.0 Å². The summed E-state index contributed by atoms with van der Waals surface area (Å²) in [6.07, 6.45) is 1.67. The number of hydrogen-bond acceptors (Lipinski definition) is 8. The Labute approximate surface area is 213 Å². The van der Waals surface area contributed by atoms with Crippen LogP contribution in [0.5, 0.6) is 23.0 Å². The van der Waals surface area contributed by atoms with Gasteiger partial charge in [0.1, 0.15) is 4.32 Å². The zero-order chi connectivity index (χ0) is 25.5. The quantitative estimate of drug-likeness (QED) is 0.344. The summed E-state index contributed by atoms with van der Waals surface area (Å²) in [6, 6.07) is 10.7. The number of carbonyl (C=O) groups is 2. The number of nitrogens with zero attached hydrogens (tertiary/aromatic N) is 1. The third-order valence-corrected chi connectivity index (χ3v) is 6.72. The van der Waals surface area contributed by atoms with E-state index in [-0.39, 0.29) is 5.91 Å². The Morgan fingerprint density at radius 3 is 2.34 bits per heavy atom. The number of thioether (sulfide) groups is 1. The molecule has 1 amide bonds. The van der Waals surface area contributed by atoms with Gasteiger partial charge >= 0.3 is 5.97 Å². The van der Waals surface area contributed by atoms with E-state index in [0.29, 0.717) is 57.2 Å². The van der Waals surface area contributed by atoms with Gasteiger partial charge in [-0.25, -0.2) is 4.79 Å². The van der Waals surface area contributed by atoms with Crippen molar-refractivity contribution in [2.75, 3.05) is 27.9 Å². The first-order valence-electron chi connectivity index (χ1n) is 10.8. The topological polar surface area (TPSA) is 94.5 Å². The molecule has 1 aliphatic rings. The molecule has 1 aliphatic heterocycles. The molecule has 3 rings (SSSR count). The summed E-state index contributed by atoms with van der Waals surface area (Å²) in [5.74, 6) is 0.755. The smallest absolute Gasteiger partial charge is 0.344 e. The maximum Gasteiger partial charge on any atom is 0.344 e. The largest absolute Gasteiger partial charge is 0.493 e. The predicted octanol–water partition coefficient (Wildman–Crippen LogP) is 4.40. The molecular weight excluding hydrogens is 490 g/mol. The molecule has 0 spiro atoms. The van der Waals surface area contributed by atoms with Gasteiger partial charge in [0.05, 0.1) is 26.2 Å². The Hall–Kier alpha value is -3.24. The number of ether oxygens (including phenoxy) is 4. The van der Waals surface area contributed by atoms with Crippen LogP contribution >= 0.6 is 24.0 Å². The highest BCUT2D eigenvalue weighted by molar-refractivity contribution is 8.26. The number of methoxy groups -OCH3 is 3. The molecule has 10 heteroatoms. The highest BCUT2D eigenvalue weighted by Crippen LogP contribution is 2.35. The minimum atomic E-state index is -1.05. The fourth-order valence-corrected chi connectivity index (χ4v) is 4.76. The van der Waals surface area contributed by atoms with Crippen LogP contribution in [0.25, 0.3) is 6.08 Å². The van der Waals surface area contributed by atoms with Crippen LogP contribution in [0, 0.1) is 0 Å². The lowest BCUT2D eigenvalue weighted by molar-refractivity contribution is -0.145. The summed E-state index contributed by atoms with van der Waals surface area (Å²) in [5.41, 5.74) is 1.70. The summed E-state index contributed by atoms with van der Waals surface area (Å²) >= 11 is 6.69. The lowest BCUT2D eigenvalue weighted by atomic mass is 10.1. The number of hydrogen-bond donors (Lipinski definition) is 1. The van der Waals surface area contributed by atoms with Crippen LogP contribution in [0.2, 0.25) is 0 Å². The molecule has 2 aromatic carbocycles. The van der Waals surface area contributed by atoms with Gasteiger partial charge in [0, 0.05) is 6.54 Å². The number of thiocarbonyl (C=S) groups is 1. The average Bonchev–Trinajstić information content (AvgIpc) is 3.12. The third-order valence-electron chi connectivity index (χ3n) is 5.35. The molecule has 0 radical (unpaired) electrons. The number of rotatable bonds is 11. The van der Waals surface area contributed by atoms with E-state index < -0.39 is 12.1 Å². The molecule has 1 N–H and O–H groups in total. The van der Waals surface area contributed by atoms with Crippen LogP contribution in [0.4, 0.5) is 0 Å². The summed E-state index contributed by atoms with van der Waals surface area (Å²) in [6.45, 7) is 2.16. The third kappa shape index (κ3) is 6.26. The van der Waals surface area contributed by atoms with Gasteiger partial charge in [0.15, 0.2) is 29.1 Å². The van der Waals surface area contributed by atoms with E-state index in [4.69, 9.17) is 31.2 Å². The van der Waals surface area contributed by atoms with Crippen molar-refractivity contribution in [1.82, 2.24) is 4.90 Å². The number of aliphatic carboxylic acids is 1. The molecule has 1 unspecified atom stereocenters. The number of carbonyl (C=O) groups excluding carboxylic acids is 1. The van der Waals surface area contributed by atoms with E-state index in [2.05, 4.69) is 0 Å². The van der Waals surface area contributed by atoms with Crippen molar-refractivity contribution in [3.8, 4) is 23.0 Å². The molecule has 8 nitrogen and oxygen atoms in total. The van der Waals surface area contributed by atoms with E-state index >= 15 is 0 Å². The van der Waals surface area contributed by atoms with Gasteiger partial charge < -0.3 is 24.1 Å². The maximum atomic E-state index is 13.0. The zero-order valence-corrected chi connectivity index (χ0v) is 21.5. The second-order valence-corrected chi connectivity index (χ2v) is 9.21. The molecule has 2 aromatic rings. The Morgan fingerprint density at radius 2 is 1.71 bits per heavy atom. The van der Waals surface area contributed by atoms with Gasteiger partial charge in [0.25, 0.3) is 5.91 Å². The van der Waals surface area contributed by atoms with E-state index in [9.17, 15) is 14.7 Å². The average molecular weight is 518 g/mol. The van der Waals surface area contributed by atoms with Crippen molar-refractivity contribution in [3.63, 3.8) is 0 Å². The normalized spacial score (nSPS) is 15.3. The molecule has 0 aliphatic carbocycles. The number of amides is 1. The van der Waals surface area contributed by atoms with Gasteiger partial charge in [-0.2, -0.15) is 0 Å². The van der Waals surface area contributed by atoms with E-state index in [1.807, 2.05) is 18.2 Å². The number of carboxylic acids is 1. The molecule has 186 valence electrons. The Kier molecular flexibility index (Phi) is 9.00. The van der Waals surface area contributed by atoms with Crippen molar-refractivity contribution in [3.05, 3.63) is 52.4 Å². The van der Waals surface area contributed by atoms with Crippen LogP contribution in [0.3, 0.4) is 0 Å². The minimum absolute atomic E-state index is 0.170. The van der Waals surface area contributed by atoms with Gasteiger partial charge in [-0.15, -0.1) is 0 Å². The lowest BCUT2D eigenvalue weighted by Gasteiger charge is -2.16. The summed E-state index contributed by atoms with van der Waals surface area (Å²) in [7, 11) is 4.63. The minimum Gasteiger partial charge on any atom is -0.493 e. The first-order chi connectivity index (χ1) is 16.8. The predicted molar refractivity (Wildman–Crippen MR) is 138 cm³/mol. The van der Waals surface area contributed by atoms with E-state index in [1.165, 1.54) is 18.9 Å². The highest BCUT2D eigenvalue weighted by atomic mass is 32.2. The summed E-state index contributed by atoms with van der Waals surface area (Å²) < 4.78 is 22.0. The van der Waals surface area contributed by atoms with Crippen LogP contribution in [0.1, 0.15) is 24.5 Å². The van der Waals surface area contributed by atoms with Gasteiger partial charge in [0.2, 0.25) is 0 Å². The molecular formula is C25H27NO7S2.